The second kappa shape index (κ2) is 22.6. The van der Waals surface area contributed by atoms with Gasteiger partial charge in [0.1, 0.15) is 24.2 Å². The van der Waals surface area contributed by atoms with Gasteiger partial charge in [-0.15, -0.1) is 0 Å². The Morgan fingerprint density at radius 1 is 0.571 bits per heavy atom. The van der Waals surface area contributed by atoms with Crippen LogP contribution in [0.15, 0.2) is 107 Å². The van der Waals surface area contributed by atoms with Crippen molar-refractivity contribution < 1.29 is 38.4 Å². The molecule has 4 aromatic rings. The molecule has 20 nitrogen and oxygen atoms in total. The van der Waals surface area contributed by atoms with Gasteiger partial charge in [-0.3, -0.25) is 38.6 Å². The van der Waals surface area contributed by atoms with Crippen LogP contribution in [-0.2, 0) is 44.9 Å². The molecular formula is C50H56N12O8. The van der Waals surface area contributed by atoms with E-state index in [1.165, 1.54) is 22.2 Å². The molecule has 0 fully saturated rings. The zero-order chi connectivity index (χ0) is 49.9. The van der Waals surface area contributed by atoms with Crippen LogP contribution in [-0.4, -0.2) is 96.2 Å². The molecule has 8 rings (SSSR count). The minimum absolute atomic E-state index is 0.310. The summed E-state index contributed by atoms with van der Waals surface area (Å²) >= 11 is 0. The quantitative estimate of drug-likeness (QED) is 0.0685. The number of hydrogen-bond acceptors (Lipinski definition) is 10. The standard InChI is InChI=1S/2C25H28N6O4/c2*1-2-18(14-27-30-25(26)35)28-23(33)20-13-17-10-6-9-15-11-12-19(24(34)31(20)21(15)17)29-22(32)16-7-4-3-5-8-16/h2*3-10,14,18-20H,2,11-13H2,1H3,(H,28,33)(H,29,32)(H3,26,30,35)/b2*27-14-/t2*18-,19-,20-/m00/s1. The van der Waals surface area contributed by atoms with Crippen LogP contribution >= 0.6 is 0 Å². The predicted octanol–water partition coefficient (Wildman–Crippen LogP) is 2.48. The average Bonchev–Trinajstić information content (AvgIpc) is 3.88. The number of benzene rings is 4. The number of nitrogens with one attached hydrogen (secondary N) is 6. The van der Waals surface area contributed by atoms with E-state index in [9.17, 15) is 38.4 Å². The summed E-state index contributed by atoms with van der Waals surface area (Å²) in [6.45, 7) is 3.71. The normalized spacial score (nSPS) is 19.6. The first-order valence-corrected chi connectivity index (χ1v) is 23.1. The van der Waals surface area contributed by atoms with E-state index in [1.54, 1.807) is 48.5 Å². The largest absolute Gasteiger partial charge is 0.350 e. The fourth-order valence-electron chi connectivity index (χ4n) is 9.04. The summed E-state index contributed by atoms with van der Waals surface area (Å²) in [5.41, 5.74) is 20.5. The van der Waals surface area contributed by atoms with Crippen LogP contribution in [0.3, 0.4) is 0 Å². The lowest BCUT2D eigenvalue weighted by Gasteiger charge is -2.28. The minimum atomic E-state index is -0.806. The molecule has 0 aromatic heterocycles. The number of amides is 10. The van der Waals surface area contributed by atoms with Gasteiger partial charge >= 0.3 is 12.1 Å². The number of para-hydroxylation sites is 2. The van der Waals surface area contributed by atoms with Gasteiger partial charge < -0.3 is 32.7 Å². The highest BCUT2D eigenvalue weighted by atomic mass is 16.2. The number of urea groups is 2. The van der Waals surface area contributed by atoms with Gasteiger partial charge in [0.05, 0.1) is 23.5 Å². The number of hydrogen-bond donors (Lipinski definition) is 8. The van der Waals surface area contributed by atoms with Crippen molar-refractivity contribution in [3.63, 3.8) is 0 Å². The molecule has 0 bridgehead atoms. The Morgan fingerprint density at radius 3 is 1.30 bits per heavy atom. The monoisotopic (exact) mass is 952 g/mol. The van der Waals surface area contributed by atoms with E-state index in [2.05, 4.69) is 42.3 Å². The summed E-state index contributed by atoms with van der Waals surface area (Å²) in [5, 5.41) is 19.0. The van der Waals surface area contributed by atoms with Gasteiger partial charge in [-0.05, 0) is 85.0 Å². The van der Waals surface area contributed by atoms with Crippen LogP contribution in [0.4, 0.5) is 21.0 Å². The van der Waals surface area contributed by atoms with E-state index in [0.29, 0.717) is 62.5 Å². The van der Waals surface area contributed by atoms with Gasteiger partial charge in [-0.2, -0.15) is 10.2 Å². The molecule has 0 unspecified atom stereocenters. The first kappa shape index (κ1) is 49.5. The Labute approximate surface area is 404 Å². The third-order valence-electron chi connectivity index (χ3n) is 12.5. The molecule has 0 saturated carbocycles. The molecule has 0 radical (unpaired) electrons. The third kappa shape index (κ3) is 11.5. The van der Waals surface area contributed by atoms with Gasteiger partial charge in [-0.1, -0.05) is 86.6 Å². The van der Waals surface area contributed by atoms with Crippen LogP contribution in [0.2, 0.25) is 0 Å². The van der Waals surface area contributed by atoms with E-state index in [4.69, 9.17) is 11.5 Å². The number of hydrazone groups is 2. The van der Waals surface area contributed by atoms with Crippen molar-refractivity contribution in [3.05, 3.63) is 130 Å². The van der Waals surface area contributed by atoms with Crippen molar-refractivity contribution in [1.82, 2.24) is 32.1 Å². The van der Waals surface area contributed by atoms with Crippen molar-refractivity contribution >= 4 is 71.3 Å². The van der Waals surface area contributed by atoms with Crippen molar-refractivity contribution in [1.29, 1.82) is 0 Å². The fraction of sp³-hybridized carbons (Fsp3) is 0.320. The van der Waals surface area contributed by atoms with Crippen molar-refractivity contribution in [2.24, 2.45) is 21.7 Å². The molecule has 6 atom stereocenters. The Hall–Kier alpha value is -8.42. The summed E-state index contributed by atoms with van der Waals surface area (Å²) in [4.78, 5) is 104. The summed E-state index contributed by atoms with van der Waals surface area (Å²) < 4.78 is 0. The zero-order valence-corrected chi connectivity index (χ0v) is 38.7. The summed E-state index contributed by atoms with van der Waals surface area (Å²) in [5.74, 6) is -1.97. The number of rotatable bonds is 14. The Balaban J connectivity index is 0.000000206. The van der Waals surface area contributed by atoms with E-state index >= 15 is 0 Å². The zero-order valence-electron chi connectivity index (χ0n) is 38.7. The maximum Gasteiger partial charge on any atom is 0.332 e. The maximum atomic E-state index is 13.7. The fourth-order valence-corrected chi connectivity index (χ4v) is 9.04. The predicted molar refractivity (Wildman–Crippen MR) is 262 cm³/mol. The molecule has 4 aliphatic heterocycles. The first-order valence-electron chi connectivity index (χ1n) is 23.1. The summed E-state index contributed by atoms with van der Waals surface area (Å²) in [6, 6.07) is 23.5. The number of nitrogens with two attached hydrogens (primary N) is 2. The molecule has 0 aliphatic carbocycles. The number of nitrogens with zero attached hydrogens (tertiary/aromatic N) is 4. The Bertz CT molecular complexity index is 2510. The molecule has 70 heavy (non-hydrogen) atoms. The van der Waals surface area contributed by atoms with Gasteiger partial charge in [0.2, 0.25) is 23.6 Å². The van der Waals surface area contributed by atoms with Crippen molar-refractivity contribution in [2.75, 3.05) is 9.80 Å². The van der Waals surface area contributed by atoms with E-state index in [0.717, 1.165) is 33.6 Å². The van der Waals surface area contributed by atoms with Crippen LogP contribution in [0.25, 0.3) is 0 Å². The van der Waals surface area contributed by atoms with E-state index in [-0.39, 0.29) is 35.4 Å². The number of carbonyl (C=O) groups is 8. The molecule has 0 saturated heterocycles. The average molecular weight is 953 g/mol. The highest BCUT2D eigenvalue weighted by Crippen LogP contribution is 2.40. The molecule has 364 valence electrons. The molecular weight excluding hydrogens is 897 g/mol. The SMILES string of the molecule is CC[C@@H](/C=N\NC(N)=O)NC(=O)[C@@H]1Cc2cccc3c2N1C(=O)[C@@H](NC(=O)c1ccccc1)CC3.CC[C@@H](/C=N\NC(N)=O)NC(=O)[C@@H]1Cc2cccc3c2N1C(=O)[C@@H](NC(=O)c1ccccc1)CC3. The Morgan fingerprint density at radius 2 is 0.943 bits per heavy atom. The maximum absolute atomic E-state index is 13.7. The van der Waals surface area contributed by atoms with Crippen LogP contribution in [0, 0.1) is 0 Å². The molecule has 10 N–H and O–H groups in total. The topological polar surface area (TPSA) is 292 Å². The van der Waals surface area contributed by atoms with Crippen molar-refractivity contribution in [3.8, 4) is 0 Å². The molecule has 20 heteroatoms. The lowest BCUT2D eigenvalue weighted by Crippen LogP contribution is -2.55. The van der Waals surface area contributed by atoms with Gasteiger partial charge in [0, 0.05) is 36.4 Å². The van der Waals surface area contributed by atoms with E-state index < -0.39 is 48.3 Å². The molecule has 10 amide bonds. The number of carbonyl (C=O) groups excluding carboxylic acids is 8. The Kier molecular flexibility index (Phi) is 16.0. The van der Waals surface area contributed by atoms with Crippen LogP contribution < -0.4 is 53.4 Å². The smallest absolute Gasteiger partial charge is 0.332 e. The highest BCUT2D eigenvalue weighted by molar-refractivity contribution is 6.10. The second-order valence-electron chi connectivity index (χ2n) is 17.1. The van der Waals surface area contributed by atoms with Crippen LogP contribution in [0.1, 0.15) is 82.5 Å². The lowest BCUT2D eigenvalue weighted by molar-refractivity contribution is -0.127. The summed E-state index contributed by atoms with van der Waals surface area (Å²) in [6.07, 6.45) is 6.62. The molecule has 0 spiro atoms. The number of primary amides is 2. The number of aryl methyl sites for hydroxylation is 2. The van der Waals surface area contributed by atoms with Crippen LogP contribution in [0.5, 0.6) is 0 Å². The molecule has 4 aromatic carbocycles. The summed E-state index contributed by atoms with van der Waals surface area (Å²) in [7, 11) is 0. The van der Waals surface area contributed by atoms with Gasteiger partial charge in [0.15, 0.2) is 0 Å². The van der Waals surface area contributed by atoms with E-state index in [1.807, 2.05) is 62.4 Å². The van der Waals surface area contributed by atoms with Gasteiger partial charge in [-0.25, -0.2) is 20.4 Å². The lowest BCUT2D eigenvalue weighted by atomic mass is 10.0. The second-order valence-corrected chi connectivity index (χ2v) is 17.1. The van der Waals surface area contributed by atoms with Crippen molar-refractivity contribution in [2.45, 2.75) is 101 Å². The third-order valence-corrected chi connectivity index (χ3v) is 12.5. The minimum Gasteiger partial charge on any atom is -0.350 e. The molecule has 4 heterocycles. The first-order chi connectivity index (χ1) is 33.8. The number of anilines is 2. The van der Waals surface area contributed by atoms with Gasteiger partial charge in [0.25, 0.3) is 11.8 Å². The molecule has 4 aliphatic rings. The highest BCUT2D eigenvalue weighted by Gasteiger charge is 2.46.